The Morgan fingerprint density at radius 2 is 2.08 bits per heavy atom. The SMILES string of the molecule is CC(=CC12CCC(CC1)C2)C(N)=O. The van der Waals surface area contributed by atoms with Gasteiger partial charge in [0.1, 0.15) is 0 Å². The normalized spacial score (nSPS) is 38.2. The zero-order chi connectivity index (χ0) is 9.47. The van der Waals surface area contributed by atoms with Crippen molar-refractivity contribution < 1.29 is 4.79 Å². The highest BCUT2D eigenvalue weighted by Crippen LogP contribution is 2.55. The fourth-order valence-electron chi connectivity index (χ4n) is 2.97. The third-order valence-electron chi connectivity index (χ3n) is 3.71. The molecule has 0 heterocycles. The van der Waals surface area contributed by atoms with Gasteiger partial charge in [0, 0.05) is 5.57 Å². The number of primary amides is 1. The van der Waals surface area contributed by atoms with Crippen LogP contribution in [0.4, 0.5) is 0 Å². The molecule has 0 aromatic heterocycles. The highest BCUT2D eigenvalue weighted by atomic mass is 16.1. The van der Waals surface area contributed by atoms with Crippen LogP contribution in [0.25, 0.3) is 0 Å². The third kappa shape index (κ3) is 1.50. The molecule has 1 amide bonds. The fourth-order valence-corrected chi connectivity index (χ4v) is 2.97. The summed E-state index contributed by atoms with van der Waals surface area (Å²) in [6.45, 7) is 1.84. The average molecular weight is 179 g/mol. The van der Waals surface area contributed by atoms with E-state index in [4.69, 9.17) is 5.73 Å². The van der Waals surface area contributed by atoms with Gasteiger partial charge in [0.2, 0.25) is 5.91 Å². The molecule has 0 aromatic rings. The van der Waals surface area contributed by atoms with Crippen LogP contribution < -0.4 is 5.73 Å². The second kappa shape index (κ2) is 2.86. The van der Waals surface area contributed by atoms with E-state index >= 15 is 0 Å². The third-order valence-corrected chi connectivity index (χ3v) is 3.71. The highest BCUT2D eigenvalue weighted by Gasteiger charge is 2.43. The lowest BCUT2D eigenvalue weighted by Crippen LogP contribution is -2.17. The largest absolute Gasteiger partial charge is 0.366 e. The van der Waals surface area contributed by atoms with Gasteiger partial charge in [-0.25, -0.2) is 0 Å². The van der Waals surface area contributed by atoms with E-state index < -0.39 is 0 Å². The van der Waals surface area contributed by atoms with E-state index in [2.05, 4.69) is 6.08 Å². The van der Waals surface area contributed by atoms with E-state index in [1.165, 1.54) is 32.1 Å². The minimum absolute atomic E-state index is 0.260. The number of allylic oxidation sites excluding steroid dienone is 1. The molecule has 72 valence electrons. The Hall–Kier alpha value is -0.790. The Labute approximate surface area is 79.2 Å². The van der Waals surface area contributed by atoms with Gasteiger partial charge in [-0.1, -0.05) is 6.08 Å². The van der Waals surface area contributed by atoms with Crippen molar-refractivity contribution in [2.24, 2.45) is 17.1 Å². The molecule has 2 nitrogen and oxygen atoms in total. The van der Waals surface area contributed by atoms with Crippen LogP contribution in [0.2, 0.25) is 0 Å². The van der Waals surface area contributed by atoms with Crippen LogP contribution in [0, 0.1) is 11.3 Å². The maximum Gasteiger partial charge on any atom is 0.244 e. The molecule has 2 saturated carbocycles. The van der Waals surface area contributed by atoms with Gasteiger partial charge < -0.3 is 5.73 Å². The summed E-state index contributed by atoms with van der Waals surface area (Å²) in [6.07, 6.45) is 8.66. The molecule has 2 aliphatic carbocycles. The summed E-state index contributed by atoms with van der Waals surface area (Å²) >= 11 is 0. The molecule has 0 saturated heterocycles. The lowest BCUT2D eigenvalue weighted by atomic mass is 9.83. The zero-order valence-electron chi connectivity index (χ0n) is 8.18. The van der Waals surface area contributed by atoms with E-state index in [-0.39, 0.29) is 5.91 Å². The van der Waals surface area contributed by atoms with E-state index in [1.54, 1.807) is 0 Å². The van der Waals surface area contributed by atoms with Gasteiger partial charge in [-0.05, 0) is 50.4 Å². The first-order chi connectivity index (χ1) is 6.11. The van der Waals surface area contributed by atoms with Crippen LogP contribution in [-0.4, -0.2) is 5.91 Å². The lowest BCUT2D eigenvalue weighted by molar-refractivity contribution is -0.114. The Morgan fingerprint density at radius 1 is 1.46 bits per heavy atom. The molecule has 13 heavy (non-hydrogen) atoms. The van der Waals surface area contributed by atoms with Crippen molar-refractivity contribution in [2.75, 3.05) is 0 Å². The quantitative estimate of drug-likeness (QED) is 0.647. The lowest BCUT2D eigenvalue weighted by Gasteiger charge is -2.22. The van der Waals surface area contributed by atoms with E-state index in [0.29, 0.717) is 5.41 Å². The van der Waals surface area contributed by atoms with Crippen molar-refractivity contribution in [3.63, 3.8) is 0 Å². The highest BCUT2D eigenvalue weighted by molar-refractivity contribution is 5.91. The van der Waals surface area contributed by atoms with Crippen molar-refractivity contribution in [3.8, 4) is 0 Å². The standard InChI is InChI=1S/C11H17NO/c1-8(10(12)13)6-11-4-2-9(7-11)3-5-11/h6,9H,2-5,7H2,1H3,(H2,12,13). The summed E-state index contributed by atoms with van der Waals surface area (Å²) in [6, 6.07) is 0. The molecular formula is C11H17NO. The van der Waals surface area contributed by atoms with Crippen LogP contribution in [0.3, 0.4) is 0 Å². The first kappa shape index (κ1) is 8.79. The Bertz CT molecular complexity index is 259. The van der Waals surface area contributed by atoms with E-state index in [0.717, 1.165) is 11.5 Å². The summed E-state index contributed by atoms with van der Waals surface area (Å²) < 4.78 is 0. The fraction of sp³-hybridized carbons (Fsp3) is 0.727. The first-order valence-electron chi connectivity index (χ1n) is 5.11. The molecule has 0 aliphatic heterocycles. The monoisotopic (exact) mass is 179 g/mol. The van der Waals surface area contributed by atoms with Gasteiger partial charge in [0.05, 0.1) is 0 Å². The maximum absolute atomic E-state index is 10.9. The summed E-state index contributed by atoms with van der Waals surface area (Å²) in [5.74, 6) is 0.668. The van der Waals surface area contributed by atoms with Gasteiger partial charge >= 0.3 is 0 Å². The number of hydrogen-bond donors (Lipinski definition) is 1. The molecule has 0 radical (unpaired) electrons. The molecule has 2 heteroatoms. The summed E-state index contributed by atoms with van der Waals surface area (Å²) in [4.78, 5) is 10.9. The van der Waals surface area contributed by atoms with Crippen molar-refractivity contribution in [2.45, 2.75) is 39.0 Å². The predicted molar refractivity (Wildman–Crippen MR) is 52.0 cm³/mol. The molecule has 2 aliphatic rings. The minimum atomic E-state index is -0.260. The van der Waals surface area contributed by atoms with E-state index in [1.807, 2.05) is 6.92 Å². The number of rotatable bonds is 2. The van der Waals surface area contributed by atoms with Crippen molar-refractivity contribution in [1.29, 1.82) is 0 Å². The molecule has 2 N–H and O–H groups in total. The van der Waals surface area contributed by atoms with Crippen LogP contribution in [0.5, 0.6) is 0 Å². The van der Waals surface area contributed by atoms with Gasteiger partial charge in [0.25, 0.3) is 0 Å². The number of hydrogen-bond acceptors (Lipinski definition) is 1. The number of carbonyl (C=O) groups is 1. The van der Waals surface area contributed by atoms with Crippen molar-refractivity contribution in [1.82, 2.24) is 0 Å². The second-order valence-corrected chi connectivity index (χ2v) is 4.70. The van der Waals surface area contributed by atoms with Crippen LogP contribution >= 0.6 is 0 Å². The number of nitrogens with two attached hydrogens (primary N) is 1. The first-order valence-corrected chi connectivity index (χ1v) is 5.11. The molecule has 0 spiro atoms. The summed E-state index contributed by atoms with van der Waals surface area (Å²) in [5.41, 5.74) is 6.34. The molecular weight excluding hydrogens is 162 g/mol. The molecule has 0 aromatic carbocycles. The maximum atomic E-state index is 10.9. The zero-order valence-corrected chi connectivity index (χ0v) is 8.18. The van der Waals surface area contributed by atoms with E-state index in [9.17, 15) is 4.79 Å². The van der Waals surface area contributed by atoms with Crippen LogP contribution in [0.1, 0.15) is 39.0 Å². The molecule has 2 bridgehead atoms. The summed E-state index contributed by atoms with van der Waals surface area (Å²) in [5, 5.41) is 0. The Kier molecular flexibility index (Phi) is 1.94. The smallest absolute Gasteiger partial charge is 0.244 e. The van der Waals surface area contributed by atoms with Gasteiger partial charge in [-0.3, -0.25) is 4.79 Å². The summed E-state index contributed by atoms with van der Waals surface area (Å²) in [7, 11) is 0. The average Bonchev–Trinajstić information content (AvgIpc) is 2.62. The topological polar surface area (TPSA) is 43.1 Å². The molecule has 0 unspecified atom stereocenters. The minimum Gasteiger partial charge on any atom is -0.366 e. The van der Waals surface area contributed by atoms with Gasteiger partial charge in [-0.2, -0.15) is 0 Å². The molecule has 0 atom stereocenters. The van der Waals surface area contributed by atoms with Crippen LogP contribution in [0.15, 0.2) is 11.6 Å². The molecule has 2 rings (SSSR count). The van der Waals surface area contributed by atoms with Gasteiger partial charge in [0.15, 0.2) is 0 Å². The predicted octanol–water partition coefficient (Wildman–Crippen LogP) is 2.00. The molecule has 2 fully saturated rings. The number of carbonyl (C=O) groups excluding carboxylic acids is 1. The van der Waals surface area contributed by atoms with Gasteiger partial charge in [-0.15, -0.1) is 0 Å². The van der Waals surface area contributed by atoms with Crippen LogP contribution in [-0.2, 0) is 4.79 Å². The Balaban J connectivity index is 2.17. The van der Waals surface area contributed by atoms with Crippen molar-refractivity contribution in [3.05, 3.63) is 11.6 Å². The second-order valence-electron chi connectivity index (χ2n) is 4.70. The Morgan fingerprint density at radius 3 is 2.46 bits per heavy atom. The number of fused-ring (bicyclic) bond motifs is 2. The van der Waals surface area contributed by atoms with Crippen molar-refractivity contribution >= 4 is 5.91 Å². The number of amides is 1.